The van der Waals surface area contributed by atoms with Gasteiger partial charge in [0, 0.05) is 5.75 Å². The molecule has 0 amide bonds. The molecule has 0 aliphatic carbocycles. The van der Waals surface area contributed by atoms with Crippen molar-refractivity contribution in [2.75, 3.05) is 5.75 Å². The normalized spacial score (nSPS) is 14.0. The Labute approximate surface area is 115 Å². The summed E-state index contributed by atoms with van der Waals surface area (Å²) in [6.45, 7) is 1.72. The number of hydrogen-bond donors (Lipinski definition) is 2. The van der Waals surface area contributed by atoms with Crippen molar-refractivity contribution >= 4 is 17.7 Å². The Hall–Kier alpha value is -1.72. The standard InChI is InChI=1S/C14H14O4S/c1-14(17,10-5-3-2-4-6-10)9-19-12-8-7-11(18-12)13(15)16/h2-8,17H,9H2,1H3,(H,15,16). The molecule has 19 heavy (non-hydrogen) atoms. The highest BCUT2D eigenvalue weighted by atomic mass is 32.2. The third-order valence-corrected chi connectivity index (χ3v) is 3.89. The Bertz CT molecular complexity index is 560. The van der Waals surface area contributed by atoms with Crippen LogP contribution in [0.2, 0.25) is 0 Å². The van der Waals surface area contributed by atoms with Gasteiger partial charge in [0.1, 0.15) is 0 Å². The second-order valence-corrected chi connectivity index (χ2v) is 5.33. The molecule has 1 aromatic heterocycles. The first-order valence-electron chi connectivity index (χ1n) is 5.73. The maximum absolute atomic E-state index is 10.7. The third kappa shape index (κ3) is 3.39. The Morgan fingerprint density at radius 3 is 2.53 bits per heavy atom. The van der Waals surface area contributed by atoms with Crippen LogP contribution < -0.4 is 0 Å². The molecular weight excluding hydrogens is 264 g/mol. The summed E-state index contributed by atoms with van der Waals surface area (Å²) in [6, 6.07) is 12.3. The van der Waals surface area contributed by atoms with Gasteiger partial charge in [0.05, 0.1) is 5.60 Å². The molecule has 5 heteroatoms. The van der Waals surface area contributed by atoms with E-state index >= 15 is 0 Å². The van der Waals surface area contributed by atoms with Crippen LogP contribution in [-0.4, -0.2) is 21.9 Å². The van der Waals surface area contributed by atoms with Gasteiger partial charge in [-0.1, -0.05) is 42.1 Å². The second-order valence-electron chi connectivity index (χ2n) is 4.35. The van der Waals surface area contributed by atoms with Crippen LogP contribution in [0.4, 0.5) is 0 Å². The number of carbonyl (C=O) groups is 1. The first kappa shape index (κ1) is 13.7. The molecule has 1 unspecified atom stereocenters. The van der Waals surface area contributed by atoms with E-state index in [0.717, 1.165) is 5.56 Å². The van der Waals surface area contributed by atoms with E-state index in [4.69, 9.17) is 9.52 Å². The number of carboxylic acids is 1. The zero-order valence-corrected chi connectivity index (χ0v) is 11.2. The summed E-state index contributed by atoms with van der Waals surface area (Å²) < 4.78 is 5.13. The van der Waals surface area contributed by atoms with Crippen LogP contribution in [-0.2, 0) is 5.60 Å². The van der Waals surface area contributed by atoms with Crippen molar-refractivity contribution in [1.82, 2.24) is 0 Å². The fraction of sp³-hybridized carbons (Fsp3) is 0.214. The molecule has 0 radical (unpaired) electrons. The third-order valence-electron chi connectivity index (χ3n) is 2.68. The van der Waals surface area contributed by atoms with E-state index in [2.05, 4.69) is 0 Å². The monoisotopic (exact) mass is 278 g/mol. The Morgan fingerprint density at radius 1 is 1.26 bits per heavy atom. The Balaban J connectivity index is 2.03. The lowest BCUT2D eigenvalue weighted by Crippen LogP contribution is -2.24. The van der Waals surface area contributed by atoms with E-state index in [1.54, 1.807) is 13.0 Å². The summed E-state index contributed by atoms with van der Waals surface area (Å²) >= 11 is 1.28. The quantitative estimate of drug-likeness (QED) is 0.823. The number of carboxylic acid groups (broad SMARTS) is 1. The van der Waals surface area contributed by atoms with Crippen molar-refractivity contribution in [3.05, 3.63) is 53.8 Å². The van der Waals surface area contributed by atoms with Crippen molar-refractivity contribution in [2.24, 2.45) is 0 Å². The average Bonchev–Trinajstić information content (AvgIpc) is 2.87. The number of benzene rings is 1. The number of aliphatic hydroxyl groups is 1. The van der Waals surface area contributed by atoms with Gasteiger partial charge in [-0.05, 0) is 24.6 Å². The minimum atomic E-state index is -1.10. The smallest absolute Gasteiger partial charge is 0.371 e. The van der Waals surface area contributed by atoms with Crippen molar-refractivity contribution in [3.8, 4) is 0 Å². The fourth-order valence-electron chi connectivity index (χ4n) is 1.60. The molecule has 2 aromatic rings. The molecule has 0 bridgehead atoms. The second kappa shape index (κ2) is 5.50. The molecule has 0 spiro atoms. The van der Waals surface area contributed by atoms with Crippen LogP contribution in [0.25, 0.3) is 0 Å². The van der Waals surface area contributed by atoms with Gasteiger partial charge in [-0.2, -0.15) is 0 Å². The Morgan fingerprint density at radius 2 is 1.95 bits per heavy atom. The van der Waals surface area contributed by atoms with Crippen molar-refractivity contribution < 1.29 is 19.4 Å². The predicted molar refractivity (Wildman–Crippen MR) is 72.4 cm³/mol. The van der Waals surface area contributed by atoms with E-state index in [1.807, 2.05) is 30.3 Å². The number of furan rings is 1. The first-order chi connectivity index (χ1) is 8.99. The van der Waals surface area contributed by atoms with Gasteiger partial charge in [0.2, 0.25) is 5.76 Å². The first-order valence-corrected chi connectivity index (χ1v) is 6.71. The summed E-state index contributed by atoms with van der Waals surface area (Å²) in [7, 11) is 0. The van der Waals surface area contributed by atoms with Crippen LogP contribution >= 0.6 is 11.8 Å². The summed E-state index contributed by atoms with van der Waals surface area (Å²) in [5.74, 6) is -0.813. The molecule has 0 aliphatic heterocycles. The lowest BCUT2D eigenvalue weighted by Gasteiger charge is -2.22. The molecule has 1 atom stereocenters. The van der Waals surface area contributed by atoms with Crippen molar-refractivity contribution in [3.63, 3.8) is 0 Å². The van der Waals surface area contributed by atoms with Crippen LogP contribution in [0.3, 0.4) is 0 Å². The van der Waals surface area contributed by atoms with Crippen molar-refractivity contribution in [2.45, 2.75) is 17.6 Å². The molecule has 0 saturated heterocycles. The van der Waals surface area contributed by atoms with Gasteiger partial charge in [-0.15, -0.1) is 0 Å². The van der Waals surface area contributed by atoms with E-state index in [0.29, 0.717) is 10.8 Å². The van der Waals surface area contributed by atoms with Crippen LogP contribution in [0.15, 0.2) is 52.0 Å². The summed E-state index contributed by atoms with van der Waals surface area (Å²) in [4.78, 5) is 10.7. The lowest BCUT2D eigenvalue weighted by atomic mass is 9.99. The number of thioether (sulfide) groups is 1. The average molecular weight is 278 g/mol. The van der Waals surface area contributed by atoms with Gasteiger partial charge in [-0.3, -0.25) is 0 Å². The number of rotatable bonds is 5. The molecule has 1 heterocycles. The van der Waals surface area contributed by atoms with E-state index in [-0.39, 0.29) is 5.76 Å². The van der Waals surface area contributed by atoms with E-state index < -0.39 is 11.6 Å². The predicted octanol–water partition coefficient (Wildman–Crippen LogP) is 2.98. The summed E-state index contributed by atoms with van der Waals surface area (Å²) in [5, 5.41) is 19.6. The maximum atomic E-state index is 10.7. The van der Waals surface area contributed by atoms with Gasteiger partial charge < -0.3 is 14.6 Å². The minimum Gasteiger partial charge on any atom is -0.475 e. The molecule has 1 aromatic carbocycles. The largest absolute Gasteiger partial charge is 0.475 e. The van der Waals surface area contributed by atoms with Gasteiger partial charge in [-0.25, -0.2) is 4.79 Å². The molecule has 100 valence electrons. The molecule has 4 nitrogen and oxygen atoms in total. The topological polar surface area (TPSA) is 70.7 Å². The number of hydrogen-bond acceptors (Lipinski definition) is 4. The van der Waals surface area contributed by atoms with Gasteiger partial charge in [0.15, 0.2) is 5.09 Å². The van der Waals surface area contributed by atoms with Crippen LogP contribution in [0.5, 0.6) is 0 Å². The fourth-order valence-corrected chi connectivity index (χ4v) is 2.51. The summed E-state index contributed by atoms with van der Waals surface area (Å²) in [5.41, 5.74) is -0.185. The molecule has 2 rings (SSSR count). The van der Waals surface area contributed by atoms with Crippen molar-refractivity contribution in [1.29, 1.82) is 0 Å². The minimum absolute atomic E-state index is 0.0955. The van der Waals surface area contributed by atoms with Crippen LogP contribution in [0, 0.1) is 0 Å². The zero-order chi connectivity index (χ0) is 13.9. The molecular formula is C14H14O4S. The van der Waals surface area contributed by atoms with E-state index in [1.165, 1.54) is 17.8 Å². The maximum Gasteiger partial charge on any atom is 0.371 e. The van der Waals surface area contributed by atoms with E-state index in [9.17, 15) is 9.90 Å². The highest BCUT2D eigenvalue weighted by molar-refractivity contribution is 7.99. The molecule has 0 aliphatic rings. The molecule has 0 saturated carbocycles. The zero-order valence-electron chi connectivity index (χ0n) is 10.4. The number of aromatic carboxylic acids is 1. The molecule has 2 N–H and O–H groups in total. The van der Waals surface area contributed by atoms with Gasteiger partial charge >= 0.3 is 5.97 Å². The highest BCUT2D eigenvalue weighted by Crippen LogP contribution is 2.30. The highest BCUT2D eigenvalue weighted by Gasteiger charge is 2.23. The Kier molecular flexibility index (Phi) is 3.97. The van der Waals surface area contributed by atoms with Gasteiger partial charge in [0.25, 0.3) is 0 Å². The lowest BCUT2D eigenvalue weighted by molar-refractivity contribution is 0.0656. The summed E-state index contributed by atoms with van der Waals surface area (Å²) in [6.07, 6.45) is 0. The SMILES string of the molecule is CC(O)(CSc1ccc(C(=O)O)o1)c1ccccc1. The molecule has 0 fully saturated rings. The van der Waals surface area contributed by atoms with Crippen LogP contribution in [0.1, 0.15) is 23.0 Å².